The van der Waals surface area contributed by atoms with Gasteiger partial charge in [0.05, 0.1) is 12.2 Å². The number of aliphatic hydroxyl groups excluding tert-OH is 1. The summed E-state index contributed by atoms with van der Waals surface area (Å²) in [7, 11) is 1.74. The molecular weight excluding hydrogens is 218 g/mol. The van der Waals surface area contributed by atoms with Gasteiger partial charge in [-0.15, -0.1) is 0 Å². The molecule has 0 bridgehead atoms. The van der Waals surface area contributed by atoms with E-state index in [9.17, 15) is 9.90 Å². The van der Waals surface area contributed by atoms with Crippen LogP contribution in [0.25, 0.3) is 0 Å². The van der Waals surface area contributed by atoms with Crippen LogP contribution >= 0.6 is 0 Å². The molecular formula is C13H23NO3. The Hall–Kier alpha value is -0.610. The third kappa shape index (κ3) is 3.19. The van der Waals surface area contributed by atoms with Crippen LogP contribution in [0.4, 0.5) is 0 Å². The van der Waals surface area contributed by atoms with E-state index in [-0.39, 0.29) is 12.0 Å². The number of amides is 1. The molecule has 1 aliphatic carbocycles. The van der Waals surface area contributed by atoms with E-state index in [1.807, 2.05) is 4.90 Å². The number of carbonyl (C=O) groups excluding carboxylic acids is 1. The second-order valence-electron chi connectivity index (χ2n) is 5.27. The van der Waals surface area contributed by atoms with E-state index in [2.05, 4.69) is 0 Å². The maximum absolute atomic E-state index is 12.3. The summed E-state index contributed by atoms with van der Waals surface area (Å²) in [5, 5.41) is 9.44. The summed E-state index contributed by atoms with van der Waals surface area (Å²) < 4.78 is 5.31. The summed E-state index contributed by atoms with van der Waals surface area (Å²) in [4.78, 5) is 14.2. The lowest BCUT2D eigenvalue weighted by Gasteiger charge is -2.35. The van der Waals surface area contributed by atoms with Gasteiger partial charge < -0.3 is 14.7 Å². The van der Waals surface area contributed by atoms with Crippen molar-refractivity contribution < 1.29 is 14.6 Å². The molecule has 1 saturated heterocycles. The summed E-state index contributed by atoms with van der Waals surface area (Å²) >= 11 is 0. The maximum Gasteiger partial charge on any atom is 0.225 e. The Morgan fingerprint density at radius 3 is 2.24 bits per heavy atom. The summed E-state index contributed by atoms with van der Waals surface area (Å²) in [5.74, 6) is 0.448. The quantitative estimate of drug-likeness (QED) is 0.789. The van der Waals surface area contributed by atoms with E-state index >= 15 is 0 Å². The number of hydrogen-bond acceptors (Lipinski definition) is 3. The van der Waals surface area contributed by atoms with Crippen LogP contribution in [-0.2, 0) is 9.53 Å². The number of rotatable bonds is 2. The first-order valence-electron chi connectivity index (χ1n) is 6.70. The van der Waals surface area contributed by atoms with E-state index in [1.54, 1.807) is 7.11 Å². The lowest BCUT2D eigenvalue weighted by atomic mass is 9.86. The Labute approximate surface area is 103 Å². The Kier molecular flexibility index (Phi) is 4.40. The average Bonchev–Trinajstić information content (AvgIpc) is 2.39. The SMILES string of the molecule is COC1CCN(C(=O)C2CCC(O)CC2)CC1. The predicted octanol–water partition coefficient (Wildman–Crippen LogP) is 1.17. The lowest BCUT2D eigenvalue weighted by molar-refractivity contribution is -0.139. The van der Waals surface area contributed by atoms with Crippen LogP contribution in [0.5, 0.6) is 0 Å². The number of piperidine rings is 1. The van der Waals surface area contributed by atoms with Crippen molar-refractivity contribution in [2.75, 3.05) is 20.2 Å². The molecule has 2 aliphatic rings. The molecule has 98 valence electrons. The zero-order chi connectivity index (χ0) is 12.3. The molecule has 2 fully saturated rings. The Balaban J connectivity index is 1.80. The van der Waals surface area contributed by atoms with Crippen LogP contribution < -0.4 is 0 Å². The van der Waals surface area contributed by atoms with E-state index in [4.69, 9.17) is 4.74 Å². The summed E-state index contributed by atoms with van der Waals surface area (Å²) in [6.07, 6.45) is 5.32. The number of likely N-dealkylation sites (tertiary alicyclic amines) is 1. The molecule has 1 heterocycles. The normalized spacial score (nSPS) is 31.5. The zero-order valence-electron chi connectivity index (χ0n) is 10.6. The standard InChI is InChI=1S/C13H23NO3/c1-17-12-6-8-14(9-7-12)13(16)10-2-4-11(15)5-3-10/h10-12,15H,2-9H2,1H3. The van der Waals surface area contributed by atoms with E-state index in [0.29, 0.717) is 12.0 Å². The third-order valence-corrected chi connectivity index (χ3v) is 4.13. The van der Waals surface area contributed by atoms with E-state index in [0.717, 1.165) is 51.6 Å². The van der Waals surface area contributed by atoms with Crippen molar-refractivity contribution in [3.63, 3.8) is 0 Å². The predicted molar refractivity (Wildman–Crippen MR) is 64.6 cm³/mol. The van der Waals surface area contributed by atoms with Crippen LogP contribution in [0, 0.1) is 5.92 Å². The Morgan fingerprint density at radius 2 is 1.71 bits per heavy atom. The van der Waals surface area contributed by atoms with Crippen molar-refractivity contribution in [3.8, 4) is 0 Å². The Bertz CT molecular complexity index is 253. The molecule has 0 aromatic heterocycles. The van der Waals surface area contributed by atoms with Crippen molar-refractivity contribution in [2.24, 2.45) is 5.92 Å². The van der Waals surface area contributed by atoms with Crippen molar-refractivity contribution in [1.29, 1.82) is 0 Å². The molecule has 1 saturated carbocycles. The molecule has 4 heteroatoms. The van der Waals surface area contributed by atoms with Crippen molar-refractivity contribution in [3.05, 3.63) is 0 Å². The first-order chi connectivity index (χ1) is 8.20. The Morgan fingerprint density at radius 1 is 1.12 bits per heavy atom. The molecule has 0 atom stereocenters. The first-order valence-corrected chi connectivity index (χ1v) is 6.70. The second kappa shape index (κ2) is 5.83. The second-order valence-corrected chi connectivity index (χ2v) is 5.27. The largest absolute Gasteiger partial charge is 0.393 e. The number of ether oxygens (including phenoxy) is 1. The summed E-state index contributed by atoms with van der Waals surface area (Å²) in [5.41, 5.74) is 0. The van der Waals surface area contributed by atoms with Gasteiger partial charge in [0.25, 0.3) is 0 Å². The van der Waals surface area contributed by atoms with Crippen LogP contribution in [0.15, 0.2) is 0 Å². The molecule has 0 radical (unpaired) electrons. The van der Waals surface area contributed by atoms with E-state index in [1.165, 1.54) is 0 Å². The van der Waals surface area contributed by atoms with Crippen LogP contribution in [0.3, 0.4) is 0 Å². The first kappa shape index (κ1) is 12.8. The minimum atomic E-state index is -0.182. The molecule has 0 unspecified atom stereocenters. The number of nitrogens with zero attached hydrogens (tertiary/aromatic N) is 1. The summed E-state index contributed by atoms with van der Waals surface area (Å²) in [6.45, 7) is 1.66. The van der Waals surface area contributed by atoms with Crippen molar-refractivity contribution >= 4 is 5.91 Å². The molecule has 1 N–H and O–H groups in total. The van der Waals surface area contributed by atoms with E-state index < -0.39 is 0 Å². The monoisotopic (exact) mass is 241 g/mol. The van der Waals surface area contributed by atoms with Gasteiger partial charge >= 0.3 is 0 Å². The molecule has 2 rings (SSSR count). The van der Waals surface area contributed by atoms with Crippen LogP contribution in [0.2, 0.25) is 0 Å². The molecule has 17 heavy (non-hydrogen) atoms. The molecule has 0 spiro atoms. The van der Waals surface area contributed by atoms with Gasteiger partial charge in [0, 0.05) is 26.1 Å². The van der Waals surface area contributed by atoms with Gasteiger partial charge in [-0.2, -0.15) is 0 Å². The van der Waals surface area contributed by atoms with Crippen LogP contribution in [0.1, 0.15) is 38.5 Å². The minimum absolute atomic E-state index is 0.150. The van der Waals surface area contributed by atoms with Crippen molar-refractivity contribution in [1.82, 2.24) is 4.90 Å². The van der Waals surface area contributed by atoms with Gasteiger partial charge in [0.1, 0.15) is 0 Å². The minimum Gasteiger partial charge on any atom is -0.393 e. The number of aliphatic hydroxyl groups is 1. The van der Waals surface area contributed by atoms with Crippen LogP contribution in [-0.4, -0.2) is 48.3 Å². The van der Waals surface area contributed by atoms with Crippen molar-refractivity contribution in [2.45, 2.75) is 50.7 Å². The third-order valence-electron chi connectivity index (χ3n) is 4.13. The fourth-order valence-electron chi connectivity index (χ4n) is 2.89. The highest BCUT2D eigenvalue weighted by Crippen LogP contribution is 2.27. The van der Waals surface area contributed by atoms with Gasteiger partial charge in [-0.25, -0.2) is 0 Å². The van der Waals surface area contributed by atoms with Gasteiger partial charge in [-0.05, 0) is 38.5 Å². The number of carbonyl (C=O) groups is 1. The molecule has 1 amide bonds. The zero-order valence-corrected chi connectivity index (χ0v) is 10.6. The lowest BCUT2D eigenvalue weighted by Crippen LogP contribution is -2.44. The molecule has 4 nitrogen and oxygen atoms in total. The summed E-state index contributed by atoms with van der Waals surface area (Å²) in [6, 6.07) is 0. The highest BCUT2D eigenvalue weighted by molar-refractivity contribution is 5.79. The highest BCUT2D eigenvalue weighted by Gasteiger charge is 2.30. The highest BCUT2D eigenvalue weighted by atomic mass is 16.5. The van der Waals surface area contributed by atoms with Gasteiger partial charge in [-0.1, -0.05) is 0 Å². The van der Waals surface area contributed by atoms with Gasteiger partial charge in [0.15, 0.2) is 0 Å². The average molecular weight is 241 g/mol. The molecule has 0 aromatic carbocycles. The number of methoxy groups -OCH3 is 1. The fourth-order valence-corrected chi connectivity index (χ4v) is 2.89. The molecule has 0 aromatic rings. The topological polar surface area (TPSA) is 49.8 Å². The number of hydrogen-bond donors (Lipinski definition) is 1. The van der Waals surface area contributed by atoms with Gasteiger partial charge in [-0.3, -0.25) is 4.79 Å². The fraction of sp³-hybridized carbons (Fsp3) is 0.923. The maximum atomic E-state index is 12.3. The molecule has 1 aliphatic heterocycles. The van der Waals surface area contributed by atoms with Gasteiger partial charge in [0.2, 0.25) is 5.91 Å². The smallest absolute Gasteiger partial charge is 0.225 e.